The van der Waals surface area contributed by atoms with Crippen molar-refractivity contribution in [3.05, 3.63) is 96.4 Å². The summed E-state index contributed by atoms with van der Waals surface area (Å²) in [7, 11) is 0. The van der Waals surface area contributed by atoms with Crippen LogP contribution in [0.3, 0.4) is 0 Å². The fourth-order valence-corrected chi connectivity index (χ4v) is 3.94. The Balaban J connectivity index is 1.42. The summed E-state index contributed by atoms with van der Waals surface area (Å²) in [5, 5.41) is 2.18. The molecular formula is C26H15ClN4O. The fourth-order valence-electron chi connectivity index (χ4n) is 3.78. The number of rotatable bonds is 3. The van der Waals surface area contributed by atoms with Crippen molar-refractivity contribution in [1.82, 2.24) is 19.9 Å². The highest BCUT2D eigenvalue weighted by Gasteiger charge is 2.13. The van der Waals surface area contributed by atoms with E-state index in [9.17, 15) is 0 Å². The molecule has 0 unspecified atom stereocenters. The highest BCUT2D eigenvalue weighted by Crippen LogP contribution is 2.32. The predicted molar refractivity (Wildman–Crippen MR) is 126 cm³/mol. The lowest BCUT2D eigenvalue weighted by Crippen LogP contribution is -1.97. The van der Waals surface area contributed by atoms with Gasteiger partial charge in [0.1, 0.15) is 11.2 Å². The zero-order chi connectivity index (χ0) is 21.5. The SMILES string of the molecule is Clc1nc(-c2ccc(-c3ccccc3)nc2)nc(-c2ccc3oc4ccccc4c3c2)n1. The van der Waals surface area contributed by atoms with Crippen LogP contribution in [0.25, 0.3) is 56.0 Å². The summed E-state index contributed by atoms with van der Waals surface area (Å²) in [4.78, 5) is 17.9. The third kappa shape index (κ3) is 3.29. The van der Waals surface area contributed by atoms with Crippen molar-refractivity contribution in [2.24, 2.45) is 0 Å². The number of nitrogens with zero attached hydrogens (tertiary/aromatic N) is 4. The molecule has 3 heterocycles. The number of aromatic nitrogens is 4. The molecule has 6 rings (SSSR count). The average molecular weight is 435 g/mol. The summed E-state index contributed by atoms with van der Waals surface area (Å²) >= 11 is 6.27. The number of pyridine rings is 1. The van der Waals surface area contributed by atoms with Crippen LogP contribution in [0.1, 0.15) is 0 Å². The molecule has 0 bridgehead atoms. The standard InChI is InChI=1S/C26H15ClN4O/c27-26-30-24(17-11-13-23-20(14-17)19-8-4-5-9-22(19)32-23)29-25(31-26)18-10-12-21(28-15-18)16-6-2-1-3-7-16/h1-15H. The Labute approximate surface area is 188 Å². The van der Waals surface area contributed by atoms with Crippen LogP contribution in [-0.2, 0) is 0 Å². The van der Waals surface area contributed by atoms with Crippen molar-refractivity contribution < 1.29 is 4.42 Å². The lowest BCUT2D eigenvalue weighted by Gasteiger charge is -2.06. The van der Waals surface area contributed by atoms with Crippen LogP contribution in [0.4, 0.5) is 0 Å². The molecular weight excluding hydrogens is 420 g/mol. The van der Waals surface area contributed by atoms with Crippen molar-refractivity contribution in [1.29, 1.82) is 0 Å². The molecule has 0 radical (unpaired) electrons. The first kappa shape index (κ1) is 18.7. The normalized spacial score (nSPS) is 11.3. The van der Waals surface area contributed by atoms with Gasteiger partial charge in [-0.25, -0.2) is 4.98 Å². The van der Waals surface area contributed by atoms with E-state index in [-0.39, 0.29) is 5.28 Å². The van der Waals surface area contributed by atoms with E-state index in [1.54, 1.807) is 6.20 Å². The van der Waals surface area contributed by atoms with Gasteiger partial charge in [0.2, 0.25) is 5.28 Å². The van der Waals surface area contributed by atoms with Gasteiger partial charge in [-0.15, -0.1) is 0 Å². The van der Waals surface area contributed by atoms with Gasteiger partial charge in [0.15, 0.2) is 11.6 Å². The van der Waals surface area contributed by atoms with Gasteiger partial charge in [-0.2, -0.15) is 9.97 Å². The quantitative estimate of drug-likeness (QED) is 0.305. The molecule has 6 heteroatoms. The Kier molecular flexibility index (Phi) is 4.40. The van der Waals surface area contributed by atoms with E-state index >= 15 is 0 Å². The molecule has 3 aromatic carbocycles. The molecule has 0 spiro atoms. The first-order valence-corrected chi connectivity index (χ1v) is 10.5. The number of benzene rings is 3. The van der Waals surface area contributed by atoms with Gasteiger partial charge < -0.3 is 4.42 Å². The lowest BCUT2D eigenvalue weighted by atomic mass is 10.1. The van der Waals surface area contributed by atoms with Crippen LogP contribution < -0.4 is 0 Å². The Morgan fingerprint density at radius 3 is 2.12 bits per heavy atom. The first-order chi connectivity index (χ1) is 15.7. The summed E-state index contributed by atoms with van der Waals surface area (Å²) in [6.07, 6.45) is 1.75. The Morgan fingerprint density at radius 2 is 1.31 bits per heavy atom. The zero-order valence-electron chi connectivity index (χ0n) is 16.7. The van der Waals surface area contributed by atoms with Gasteiger partial charge in [-0.05, 0) is 48.0 Å². The summed E-state index contributed by atoms with van der Waals surface area (Å²) in [6, 6.07) is 27.7. The van der Waals surface area contributed by atoms with Crippen LogP contribution in [0.5, 0.6) is 0 Å². The van der Waals surface area contributed by atoms with Crippen LogP contribution in [0.15, 0.2) is 95.5 Å². The van der Waals surface area contributed by atoms with E-state index in [1.165, 1.54) is 0 Å². The average Bonchev–Trinajstić information content (AvgIpc) is 3.22. The molecule has 0 saturated carbocycles. The monoisotopic (exact) mass is 434 g/mol. The molecule has 0 atom stereocenters. The van der Waals surface area contributed by atoms with E-state index in [4.69, 9.17) is 16.0 Å². The molecule has 0 N–H and O–H groups in total. The molecule has 0 amide bonds. The van der Waals surface area contributed by atoms with E-state index in [0.29, 0.717) is 11.6 Å². The topological polar surface area (TPSA) is 64.7 Å². The molecule has 0 saturated heterocycles. The number of hydrogen-bond donors (Lipinski definition) is 0. The summed E-state index contributed by atoms with van der Waals surface area (Å²) in [5.74, 6) is 0.976. The number of halogens is 1. The van der Waals surface area contributed by atoms with Crippen LogP contribution in [0, 0.1) is 0 Å². The predicted octanol–water partition coefficient (Wildman–Crippen LogP) is 6.82. The van der Waals surface area contributed by atoms with Crippen LogP contribution >= 0.6 is 11.6 Å². The molecule has 152 valence electrons. The maximum Gasteiger partial charge on any atom is 0.226 e. The maximum absolute atomic E-state index is 6.27. The highest BCUT2D eigenvalue weighted by atomic mass is 35.5. The molecule has 0 aliphatic carbocycles. The molecule has 6 aromatic rings. The van der Waals surface area contributed by atoms with Crippen LogP contribution in [0.2, 0.25) is 5.28 Å². The Hall–Kier alpha value is -4.09. The second-order valence-electron chi connectivity index (χ2n) is 7.36. The minimum Gasteiger partial charge on any atom is -0.456 e. The minimum atomic E-state index is 0.134. The van der Waals surface area contributed by atoms with E-state index in [1.807, 2.05) is 84.9 Å². The fraction of sp³-hybridized carbons (Fsp3) is 0. The number of para-hydroxylation sites is 1. The Bertz CT molecular complexity index is 1580. The van der Waals surface area contributed by atoms with Crippen molar-refractivity contribution in [3.63, 3.8) is 0 Å². The Morgan fingerprint density at radius 1 is 0.594 bits per heavy atom. The molecule has 0 fully saturated rings. The zero-order valence-corrected chi connectivity index (χ0v) is 17.5. The second kappa shape index (κ2) is 7.55. The van der Waals surface area contributed by atoms with Gasteiger partial charge in [0.25, 0.3) is 0 Å². The van der Waals surface area contributed by atoms with Crippen molar-refractivity contribution in [3.8, 4) is 34.0 Å². The number of fused-ring (bicyclic) bond motifs is 3. The highest BCUT2D eigenvalue weighted by molar-refractivity contribution is 6.28. The number of hydrogen-bond acceptors (Lipinski definition) is 5. The third-order valence-electron chi connectivity index (χ3n) is 5.33. The van der Waals surface area contributed by atoms with Gasteiger partial charge in [-0.1, -0.05) is 48.5 Å². The van der Waals surface area contributed by atoms with E-state index in [2.05, 4.69) is 19.9 Å². The second-order valence-corrected chi connectivity index (χ2v) is 7.70. The van der Waals surface area contributed by atoms with Crippen molar-refractivity contribution >= 4 is 33.5 Å². The summed E-state index contributed by atoms with van der Waals surface area (Å²) in [6.45, 7) is 0. The van der Waals surface area contributed by atoms with Gasteiger partial charge >= 0.3 is 0 Å². The van der Waals surface area contributed by atoms with Crippen molar-refractivity contribution in [2.45, 2.75) is 0 Å². The molecule has 3 aromatic heterocycles. The lowest BCUT2D eigenvalue weighted by molar-refractivity contribution is 0.669. The molecule has 0 aliphatic heterocycles. The van der Waals surface area contributed by atoms with Gasteiger partial charge in [0, 0.05) is 33.7 Å². The van der Waals surface area contributed by atoms with Crippen molar-refractivity contribution in [2.75, 3.05) is 0 Å². The van der Waals surface area contributed by atoms with Gasteiger partial charge in [-0.3, -0.25) is 4.98 Å². The molecule has 0 aliphatic rings. The maximum atomic E-state index is 6.27. The minimum absolute atomic E-state index is 0.134. The van der Waals surface area contributed by atoms with E-state index in [0.717, 1.165) is 44.3 Å². The van der Waals surface area contributed by atoms with E-state index < -0.39 is 0 Å². The first-order valence-electron chi connectivity index (χ1n) is 10.1. The summed E-state index contributed by atoms with van der Waals surface area (Å²) in [5.41, 5.74) is 5.20. The molecule has 32 heavy (non-hydrogen) atoms. The van der Waals surface area contributed by atoms with Gasteiger partial charge in [0.05, 0.1) is 5.69 Å². The molecule has 5 nitrogen and oxygen atoms in total. The van der Waals surface area contributed by atoms with Crippen LogP contribution in [-0.4, -0.2) is 19.9 Å². The third-order valence-corrected chi connectivity index (χ3v) is 5.50. The number of furan rings is 1. The summed E-state index contributed by atoms with van der Waals surface area (Å²) < 4.78 is 5.92. The smallest absolute Gasteiger partial charge is 0.226 e. The largest absolute Gasteiger partial charge is 0.456 e.